The minimum atomic E-state index is -0.128. The third kappa shape index (κ3) is 2.64. The van der Waals surface area contributed by atoms with Crippen LogP contribution >= 0.6 is 0 Å². The highest BCUT2D eigenvalue weighted by Crippen LogP contribution is 2.23. The monoisotopic (exact) mass is 260 g/mol. The second-order valence-corrected chi connectivity index (χ2v) is 4.65. The van der Waals surface area contributed by atoms with Crippen molar-refractivity contribution in [2.75, 3.05) is 5.32 Å². The van der Waals surface area contributed by atoms with E-state index in [0.29, 0.717) is 12.6 Å². The normalized spacial score (nSPS) is 14.6. The fraction of sp³-hybridized carbons (Fsp3) is 0.500. The Morgan fingerprint density at radius 1 is 1.37 bits per heavy atom. The van der Waals surface area contributed by atoms with Crippen molar-refractivity contribution in [3.05, 3.63) is 34.8 Å². The molecule has 100 valence electrons. The Balaban J connectivity index is 1.79. The number of aromatic nitrogens is 5. The van der Waals surface area contributed by atoms with Crippen LogP contribution in [0.4, 0.5) is 5.69 Å². The van der Waals surface area contributed by atoms with E-state index in [1.165, 1.54) is 23.9 Å². The van der Waals surface area contributed by atoms with Crippen molar-refractivity contribution in [1.82, 2.24) is 24.5 Å². The summed E-state index contributed by atoms with van der Waals surface area (Å²) in [6.45, 7) is 3.05. The molecule has 0 unspecified atom stereocenters. The summed E-state index contributed by atoms with van der Waals surface area (Å²) >= 11 is 0. The van der Waals surface area contributed by atoms with Gasteiger partial charge in [0.15, 0.2) is 0 Å². The molecule has 0 spiro atoms. The summed E-state index contributed by atoms with van der Waals surface area (Å²) in [6.07, 6.45) is 5.52. The van der Waals surface area contributed by atoms with E-state index in [1.54, 1.807) is 16.9 Å². The maximum atomic E-state index is 12.0. The number of nitrogens with zero attached hydrogens (tertiary/aromatic N) is 5. The van der Waals surface area contributed by atoms with E-state index in [1.807, 2.05) is 6.92 Å². The first-order chi connectivity index (χ1) is 9.26. The second-order valence-electron chi connectivity index (χ2n) is 4.65. The molecule has 2 aromatic heterocycles. The highest BCUT2D eigenvalue weighted by Gasteiger charge is 2.21. The van der Waals surface area contributed by atoms with E-state index in [9.17, 15) is 4.79 Å². The molecule has 0 aliphatic heterocycles. The van der Waals surface area contributed by atoms with Crippen molar-refractivity contribution in [3.8, 4) is 0 Å². The summed E-state index contributed by atoms with van der Waals surface area (Å²) in [4.78, 5) is 16.1. The Kier molecular flexibility index (Phi) is 3.02. The topological polar surface area (TPSA) is 77.6 Å². The van der Waals surface area contributed by atoms with Gasteiger partial charge in [-0.1, -0.05) is 0 Å². The predicted molar refractivity (Wildman–Crippen MR) is 69.9 cm³/mol. The Hall–Kier alpha value is -2.18. The van der Waals surface area contributed by atoms with Gasteiger partial charge in [0.2, 0.25) is 0 Å². The van der Waals surface area contributed by atoms with Crippen molar-refractivity contribution >= 4 is 5.69 Å². The van der Waals surface area contributed by atoms with Gasteiger partial charge in [-0.15, -0.1) is 0 Å². The average Bonchev–Trinajstić information content (AvgIpc) is 3.09. The zero-order valence-corrected chi connectivity index (χ0v) is 10.8. The molecular weight excluding hydrogens is 244 g/mol. The van der Waals surface area contributed by atoms with Crippen molar-refractivity contribution < 1.29 is 0 Å². The number of rotatable bonds is 5. The van der Waals surface area contributed by atoms with Gasteiger partial charge in [-0.05, 0) is 19.8 Å². The third-order valence-corrected chi connectivity index (χ3v) is 3.10. The smallest absolute Gasteiger partial charge is 0.269 e. The van der Waals surface area contributed by atoms with E-state index in [2.05, 4.69) is 20.5 Å². The minimum Gasteiger partial charge on any atom is -0.381 e. The van der Waals surface area contributed by atoms with Crippen LogP contribution in [0, 0.1) is 0 Å². The van der Waals surface area contributed by atoms with Crippen LogP contribution in [0.15, 0.2) is 23.4 Å². The van der Waals surface area contributed by atoms with Crippen LogP contribution in [0.5, 0.6) is 0 Å². The standard InChI is InChI=1S/C12H16N6O/c1-2-17-11(13-8-15-17)7-18-12(19)5-10(6-14-18)16-9-3-4-9/h5-6,8-9,16H,2-4,7H2,1H3. The highest BCUT2D eigenvalue weighted by atomic mass is 16.1. The van der Waals surface area contributed by atoms with Crippen molar-refractivity contribution in [2.24, 2.45) is 0 Å². The summed E-state index contributed by atoms with van der Waals surface area (Å²) < 4.78 is 3.15. The lowest BCUT2D eigenvalue weighted by molar-refractivity contribution is 0.551. The van der Waals surface area contributed by atoms with E-state index in [0.717, 1.165) is 18.1 Å². The molecule has 1 aliphatic rings. The van der Waals surface area contributed by atoms with Crippen LogP contribution in [0.2, 0.25) is 0 Å². The number of nitrogens with one attached hydrogen (secondary N) is 1. The molecule has 0 atom stereocenters. The fourth-order valence-electron chi connectivity index (χ4n) is 1.90. The number of aryl methyl sites for hydroxylation is 1. The first-order valence-electron chi connectivity index (χ1n) is 6.46. The summed E-state index contributed by atoms with van der Waals surface area (Å²) in [7, 11) is 0. The van der Waals surface area contributed by atoms with Crippen molar-refractivity contribution in [3.63, 3.8) is 0 Å². The molecule has 0 aromatic carbocycles. The van der Waals surface area contributed by atoms with Gasteiger partial charge in [-0.25, -0.2) is 14.3 Å². The highest BCUT2D eigenvalue weighted by molar-refractivity contribution is 5.41. The molecule has 0 amide bonds. The minimum absolute atomic E-state index is 0.128. The van der Waals surface area contributed by atoms with E-state index in [4.69, 9.17) is 0 Å². The SMILES string of the molecule is CCn1ncnc1Cn1ncc(NC2CC2)cc1=O. The Morgan fingerprint density at radius 3 is 2.89 bits per heavy atom. The maximum Gasteiger partial charge on any atom is 0.269 e. The Bertz CT molecular complexity index is 627. The van der Waals surface area contributed by atoms with Crippen LogP contribution in [0.3, 0.4) is 0 Å². The van der Waals surface area contributed by atoms with Crippen LogP contribution in [-0.4, -0.2) is 30.6 Å². The van der Waals surface area contributed by atoms with Gasteiger partial charge in [-0.2, -0.15) is 10.2 Å². The fourth-order valence-corrected chi connectivity index (χ4v) is 1.90. The number of anilines is 1. The van der Waals surface area contributed by atoms with Gasteiger partial charge in [0.25, 0.3) is 5.56 Å². The lowest BCUT2D eigenvalue weighted by atomic mass is 10.4. The van der Waals surface area contributed by atoms with Gasteiger partial charge < -0.3 is 5.32 Å². The lowest BCUT2D eigenvalue weighted by Crippen LogP contribution is -2.25. The Labute approximate surface area is 110 Å². The zero-order chi connectivity index (χ0) is 13.2. The lowest BCUT2D eigenvalue weighted by Gasteiger charge is -2.07. The predicted octanol–water partition coefficient (Wildman–Crippen LogP) is 0.477. The van der Waals surface area contributed by atoms with Crippen molar-refractivity contribution in [2.45, 2.75) is 38.9 Å². The first-order valence-corrected chi connectivity index (χ1v) is 6.46. The summed E-state index contributed by atoms with van der Waals surface area (Å²) in [5.41, 5.74) is 0.664. The molecule has 0 saturated heterocycles. The molecule has 1 N–H and O–H groups in total. The van der Waals surface area contributed by atoms with Gasteiger partial charge in [-0.3, -0.25) is 4.79 Å². The van der Waals surface area contributed by atoms with E-state index < -0.39 is 0 Å². The summed E-state index contributed by atoms with van der Waals surface area (Å²) in [6, 6.07) is 2.10. The molecule has 0 bridgehead atoms. The molecule has 19 heavy (non-hydrogen) atoms. The van der Waals surface area contributed by atoms with Gasteiger partial charge >= 0.3 is 0 Å². The molecule has 2 heterocycles. The van der Waals surface area contributed by atoms with Gasteiger partial charge in [0, 0.05) is 18.7 Å². The largest absolute Gasteiger partial charge is 0.381 e. The van der Waals surface area contributed by atoms with Crippen molar-refractivity contribution in [1.29, 1.82) is 0 Å². The average molecular weight is 260 g/mol. The molecule has 1 fully saturated rings. The third-order valence-electron chi connectivity index (χ3n) is 3.10. The molecule has 7 heteroatoms. The van der Waals surface area contributed by atoms with Crippen LogP contribution < -0.4 is 10.9 Å². The van der Waals surface area contributed by atoms with Gasteiger partial charge in [0.05, 0.1) is 11.9 Å². The molecule has 0 radical (unpaired) electrons. The maximum absolute atomic E-state index is 12.0. The molecule has 2 aromatic rings. The summed E-state index contributed by atoms with van der Waals surface area (Å²) in [5.74, 6) is 0.736. The molecular formula is C12H16N6O. The molecule has 7 nitrogen and oxygen atoms in total. The van der Waals surface area contributed by atoms with Crippen LogP contribution in [-0.2, 0) is 13.1 Å². The number of hydrogen-bond donors (Lipinski definition) is 1. The Morgan fingerprint density at radius 2 is 2.21 bits per heavy atom. The first kappa shape index (κ1) is 11.9. The quantitative estimate of drug-likeness (QED) is 0.846. The second kappa shape index (κ2) is 4.83. The molecule has 1 aliphatic carbocycles. The van der Waals surface area contributed by atoms with Gasteiger partial charge in [0.1, 0.15) is 18.7 Å². The zero-order valence-electron chi connectivity index (χ0n) is 10.8. The van der Waals surface area contributed by atoms with E-state index >= 15 is 0 Å². The van der Waals surface area contributed by atoms with Crippen LogP contribution in [0.25, 0.3) is 0 Å². The number of hydrogen-bond acceptors (Lipinski definition) is 5. The molecule has 3 rings (SSSR count). The summed E-state index contributed by atoms with van der Waals surface area (Å²) in [5, 5.41) is 11.5. The van der Waals surface area contributed by atoms with Crippen LogP contribution in [0.1, 0.15) is 25.6 Å². The van der Waals surface area contributed by atoms with E-state index in [-0.39, 0.29) is 5.56 Å². The molecule has 1 saturated carbocycles.